The number of Topliss-reactive ketones (excluding diaryl/α,β-unsaturated/α-hetero) is 1. The van der Waals surface area contributed by atoms with Crippen LogP contribution in [0.1, 0.15) is 35.3 Å². The van der Waals surface area contributed by atoms with Crippen LogP contribution in [0.15, 0.2) is 78.9 Å². The van der Waals surface area contributed by atoms with Crippen molar-refractivity contribution >= 4 is 11.7 Å². The van der Waals surface area contributed by atoms with Gasteiger partial charge in [-0.3, -0.25) is 14.5 Å². The monoisotopic (exact) mass is 456 g/mol. The number of ketones is 1. The van der Waals surface area contributed by atoms with Crippen molar-refractivity contribution in [3.8, 4) is 11.1 Å². The van der Waals surface area contributed by atoms with Gasteiger partial charge in [-0.15, -0.1) is 0 Å². The van der Waals surface area contributed by atoms with Gasteiger partial charge in [0, 0.05) is 37.3 Å². The van der Waals surface area contributed by atoms with Crippen molar-refractivity contribution in [2.24, 2.45) is 0 Å². The molecule has 1 heterocycles. The second kappa shape index (κ2) is 10.8. The molecular formula is C29H32N2O3. The van der Waals surface area contributed by atoms with Gasteiger partial charge in [0.05, 0.1) is 6.42 Å². The fourth-order valence-corrected chi connectivity index (χ4v) is 4.96. The Morgan fingerprint density at radius 1 is 0.824 bits per heavy atom. The predicted octanol–water partition coefficient (Wildman–Crippen LogP) is 4.19. The summed E-state index contributed by atoms with van der Waals surface area (Å²) in [4.78, 5) is 29.3. The highest BCUT2D eigenvalue weighted by Crippen LogP contribution is 2.23. The van der Waals surface area contributed by atoms with Crippen molar-refractivity contribution in [2.75, 3.05) is 19.7 Å². The van der Waals surface area contributed by atoms with Crippen LogP contribution in [0, 0.1) is 0 Å². The van der Waals surface area contributed by atoms with Gasteiger partial charge in [0.25, 0.3) is 0 Å². The fourth-order valence-electron chi connectivity index (χ4n) is 4.96. The average molecular weight is 457 g/mol. The predicted molar refractivity (Wildman–Crippen MR) is 134 cm³/mol. The molecule has 1 saturated heterocycles. The minimum absolute atomic E-state index is 0.115. The Labute approximate surface area is 201 Å². The summed E-state index contributed by atoms with van der Waals surface area (Å²) in [5.74, 6) is -0.105. The summed E-state index contributed by atoms with van der Waals surface area (Å²) in [6.07, 6.45) is 0.399. The molecule has 4 rings (SSSR count). The summed E-state index contributed by atoms with van der Waals surface area (Å²) in [7, 11) is 0. The van der Waals surface area contributed by atoms with Crippen molar-refractivity contribution < 1.29 is 14.7 Å². The molecule has 1 N–H and O–H groups in total. The third-order valence-electron chi connectivity index (χ3n) is 6.50. The molecule has 0 aromatic heterocycles. The Hall–Kier alpha value is -3.28. The van der Waals surface area contributed by atoms with E-state index in [0.29, 0.717) is 12.0 Å². The third kappa shape index (κ3) is 5.61. The molecule has 1 aliphatic heterocycles. The molecule has 0 spiro atoms. The van der Waals surface area contributed by atoms with E-state index in [4.69, 9.17) is 5.11 Å². The quantitative estimate of drug-likeness (QED) is 0.542. The van der Waals surface area contributed by atoms with Crippen LogP contribution < -0.4 is 0 Å². The zero-order chi connectivity index (χ0) is 24.1. The zero-order valence-electron chi connectivity index (χ0n) is 19.9. The first-order valence-electron chi connectivity index (χ1n) is 11.9. The molecule has 176 valence electrons. The van der Waals surface area contributed by atoms with Gasteiger partial charge >= 0.3 is 0 Å². The zero-order valence-corrected chi connectivity index (χ0v) is 19.9. The Balaban J connectivity index is 1.38. The van der Waals surface area contributed by atoms with Crippen LogP contribution in [0.3, 0.4) is 0 Å². The number of aliphatic hydroxyl groups excluding tert-OH is 1. The lowest BCUT2D eigenvalue weighted by molar-refractivity contribution is -0.138. The van der Waals surface area contributed by atoms with Crippen LogP contribution >= 0.6 is 0 Å². The van der Waals surface area contributed by atoms with E-state index in [1.807, 2.05) is 47.4 Å². The molecule has 3 aromatic rings. The molecule has 0 saturated carbocycles. The lowest BCUT2D eigenvalue weighted by atomic mass is 10.00. The number of amides is 1. The molecule has 3 aromatic carbocycles. The fraction of sp³-hybridized carbons (Fsp3) is 0.310. The highest BCUT2D eigenvalue weighted by Gasteiger charge is 2.32. The molecular weight excluding hydrogens is 424 g/mol. The molecule has 1 fully saturated rings. The smallest absolute Gasteiger partial charge is 0.227 e. The summed E-state index contributed by atoms with van der Waals surface area (Å²) in [5, 5.41) is 9.02. The number of hydrogen-bond acceptors (Lipinski definition) is 4. The Morgan fingerprint density at radius 2 is 1.47 bits per heavy atom. The van der Waals surface area contributed by atoms with Crippen LogP contribution in [-0.2, 0) is 17.8 Å². The van der Waals surface area contributed by atoms with Gasteiger partial charge in [-0.2, -0.15) is 0 Å². The third-order valence-corrected chi connectivity index (χ3v) is 6.50. The molecule has 5 nitrogen and oxygen atoms in total. The molecule has 0 unspecified atom stereocenters. The lowest BCUT2D eigenvalue weighted by Gasteiger charge is -2.44. The van der Waals surface area contributed by atoms with Crippen molar-refractivity contribution in [1.29, 1.82) is 0 Å². The maximum Gasteiger partial charge on any atom is 0.227 e. The van der Waals surface area contributed by atoms with Gasteiger partial charge in [0.1, 0.15) is 6.61 Å². The Bertz CT molecular complexity index is 1120. The molecule has 0 bridgehead atoms. The molecule has 34 heavy (non-hydrogen) atoms. The minimum atomic E-state index is -0.471. The molecule has 2 atom stereocenters. The number of carbonyl (C=O) groups excluding carboxylic acids is 2. The number of nitrogens with zero attached hydrogens (tertiary/aromatic N) is 2. The maximum absolute atomic E-state index is 13.3. The van der Waals surface area contributed by atoms with Gasteiger partial charge in [-0.05, 0) is 36.1 Å². The largest absolute Gasteiger partial charge is 0.388 e. The van der Waals surface area contributed by atoms with Crippen LogP contribution in [-0.4, -0.2) is 58.4 Å². The van der Waals surface area contributed by atoms with E-state index in [-0.39, 0.29) is 23.8 Å². The highest BCUT2D eigenvalue weighted by atomic mass is 16.3. The second-order valence-electron chi connectivity index (χ2n) is 9.21. The number of carbonyl (C=O) groups is 2. The standard InChI is InChI=1S/C29H32N2O3/c1-21-17-30(19-23-11-13-26(14-12-23)28(33)20-32)18-22(2)31(21)29(34)16-24-7-6-10-27(15-24)25-8-4-3-5-9-25/h3-15,21-22,32H,16-20H2,1-2H3/t21-,22+. The second-order valence-corrected chi connectivity index (χ2v) is 9.21. The van der Waals surface area contributed by atoms with E-state index in [1.54, 1.807) is 12.1 Å². The molecule has 1 amide bonds. The summed E-state index contributed by atoms with van der Waals surface area (Å²) in [6, 6.07) is 26.1. The molecule has 0 radical (unpaired) electrons. The van der Waals surface area contributed by atoms with Crippen LogP contribution in [0.4, 0.5) is 0 Å². The number of hydrogen-bond donors (Lipinski definition) is 1. The number of benzene rings is 3. The van der Waals surface area contributed by atoms with E-state index in [1.165, 1.54) is 0 Å². The van der Waals surface area contributed by atoms with E-state index in [0.717, 1.165) is 41.9 Å². The SMILES string of the molecule is C[C@@H]1CN(Cc2ccc(C(=O)CO)cc2)C[C@H](C)N1C(=O)Cc1cccc(-c2ccccc2)c1. The van der Waals surface area contributed by atoms with E-state index >= 15 is 0 Å². The summed E-state index contributed by atoms with van der Waals surface area (Å²) in [6.45, 7) is 6.13. The van der Waals surface area contributed by atoms with Crippen molar-refractivity contribution in [3.05, 3.63) is 95.6 Å². The maximum atomic E-state index is 13.3. The molecule has 1 aliphatic rings. The Morgan fingerprint density at radius 3 is 2.12 bits per heavy atom. The first kappa shape index (κ1) is 23.9. The van der Waals surface area contributed by atoms with Crippen LogP contribution in [0.2, 0.25) is 0 Å². The summed E-state index contributed by atoms with van der Waals surface area (Å²) >= 11 is 0. The lowest BCUT2D eigenvalue weighted by Crippen LogP contribution is -2.58. The van der Waals surface area contributed by atoms with E-state index < -0.39 is 6.61 Å². The Kier molecular flexibility index (Phi) is 7.56. The normalized spacial score (nSPS) is 18.6. The summed E-state index contributed by atoms with van der Waals surface area (Å²) in [5.41, 5.74) is 4.96. The van der Waals surface area contributed by atoms with Crippen molar-refractivity contribution in [2.45, 2.75) is 38.9 Å². The van der Waals surface area contributed by atoms with Crippen LogP contribution in [0.25, 0.3) is 11.1 Å². The van der Waals surface area contributed by atoms with Gasteiger partial charge in [-0.1, -0.05) is 78.9 Å². The van der Waals surface area contributed by atoms with Crippen LogP contribution in [0.5, 0.6) is 0 Å². The first-order chi connectivity index (χ1) is 16.4. The van der Waals surface area contributed by atoms with Gasteiger partial charge in [0.2, 0.25) is 5.91 Å². The number of rotatable bonds is 7. The number of aliphatic hydroxyl groups is 1. The minimum Gasteiger partial charge on any atom is -0.388 e. The number of piperazine rings is 1. The molecule has 5 heteroatoms. The first-order valence-corrected chi connectivity index (χ1v) is 11.9. The highest BCUT2D eigenvalue weighted by molar-refractivity contribution is 5.96. The topological polar surface area (TPSA) is 60.9 Å². The van der Waals surface area contributed by atoms with E-state index in [9.17, 15) is 9.59 Å². The van der Waals surface area contributed by atoms with Gasteiger partial charge in [-0.25, -0.2) is 0 Å². The van der Waals surface area contributed by atoms with Crippen molar-refractivity contribution in [3.63, 3.8) is 0 Å². The van der Waals surface area contributed by atoms with E-state index in [2.05, 4.69) is 43.0 Å². The van der Waals surface area contributed by atoms with Gasteiger partial charge < -0.3 is 10.0 Å². The molecule has 0 aliphatic carbocycles. The van der Waals surface area contributed by atoms with Gasteiger partial charge in [0.15, 0.2) is 5.78 Å². The average Bonchev–Trinajstić information content (AvgIpc) is 2.84. The van der Waals surface area contributed by atoms with Crippen molar-refractivity contribution in [1.82, 2.24) is 9.80 Å². The summed E-state index contributed by atoms with van der Waals surface area (Å²) < 4.78 is 0.